The van der Waals surface area contributed by atoms with Crippen molar-refractivity contribution in [1.29, 1.82) is 5.26 Å². The quantitative estimate of drug-likeness (QED) is 0.598. The Balaban J connectivity index is 3.07. The first-order valence-corrected chi connectivity index (χ1v) is 3.08. The topological polar surface area (TPSA) is 56.6 Å². The van der Waals surface area contributed by atoms with Crippen molar-refractivity contribution in [2.24, 2.45) is 0 Å². The van der Waals surface area contributed by atoms with E-state index in [2.05, 4.69) is 4.98 Å². The molecule has 0 fully saturated rings. The number of nitrogens with zero attached hydrogens (tertiary/aromatic N) is 1. The maximum Gasteiger partial charge on any atom is 0.188 e. The van der Waals surface area contributed by atoms with Crippen molar-refractivity contribution in [3.63, 3.8) is 0 Å². The van der Waals surface area contributed by atoms with Crippen LogP contribution in [-0.2, 0) is 0 Å². The van der Waals surface area contributed by atoms with E-state index in [1.807, 2.05) is 6.07 Å². The smallest absolute Gasteiger partial charge is 0.188 e. The number of aromatic nitrogens is 1. The standard InChI is InChI=1S/C8H6N2O/c9-4-1-2-7-6-10-5-3-8(7)11/h1-3,5-6H,(H,10,11). The molecule has 0 saturated carbocycles. The van der Waals surface area contributed by atoms with E-state index in [1.54, 1.807) is 12.4 Å². The van der Waals surface area contributed by atoms with Gasteiger partial charge in [-0.2, -0.15) is 5.26 Å². The Labute approximate surface area is 63.6 Å². The van der Waals surface area contributed by atoms with E-state index in [9.17, 15) is 4.79 Å². The van der Waals surface area contributed by atoms with Gasteiger partial charge >= 0.3 is 0 Å². The number of pyridine rings is 1. The lowest BCUT2D eigenvalue weighted by atomic mass is 10.2. The van der Waals surface area contributed by atoms with Crippen molar-refractivity contribution in [1.82, 2.24) is 4.98 Å². The molecule has 1 aromatic rings. The predicted molar refractivity (Wildman–Crippen MR) is 41.7 cm³/mol. The van der Waals surface area contributed by atoms with Gasteiger partial charge in [0.05, 0.1) is 6.07 Å². The second kappa shape index (κ2) is 3.37. The molecule has 0 unspecified atom stereocenters. The van der Waals surface area contributed by atoms with Gasteiger partial charge < -0.3 is 4.98 Å². The number of allylic oxidation sites excluding steroid dienone is 1. The van der Waals surface area contributed by atoms with E-state index in [-0.39, 0.29) is 5.43 Å². The van der Waals surface area contributed by atoms with E-state index < -0.39 is 0 Å². The molecular formula is C8H6N2O. The molecule has 0 spiro atoms. The van der Waals surface area contributed by atoms with Gasteiger partial charge in [-0.1, -0.05) is 0 Å². The van der Waals surface area contributed by atoms with Crippen molar-refractivity contribution in [3.05, 3.63) is 40.3 Å². The summed E-state index contributed by atoms with van der Waals surface area (Å²) in [7, 11) is 0. The average Bonchev–Trinajstić information content (AvgIpc) is 2.03. The molecule has 11 heavy (non-hydrogen) atoms. The van der Waals surface area contributed by atoms with Crippen LogP contribution in [0, 0.1) is 11.3 Å². The van der Waals surface area contributed by atoms with E-state index in [0.717, 1.165) is 0 Å². The van der Waals surface area contributed by atoms with Crippen LogP contribution in [0.2, 0.25) is 0 Å². The van der Waals surface area contributed by atoms with Gasteiger partial charge in [-0.05, 0) is 6.08 Å². The van der Waals surface area contributed by atoms with Crippen LogP contribution >= 0.6 is 0 Å². The van der Waals surface area contributed by atoms with Crippen LogP contribution in [0.5, 0.6) is 0 Å². The van der Waals surface area contributed by atoms with E-state index >= 15 is 0 Å². The minimum Gasteiger partial charge on any atom is -0.367 e. The largest absolute Gasteiger partial charge is 0.367 e. The third kappa shape index (κ3) is 1.80. The minimum atomic E-state index is -0.0877. The summed E-state index contributed by atoms with van der Waals surface area (Å²) in [5, 5.41) is 8.17. The number of H-pyrrole nitrogens is 1. The maximum atomic E-state index is 10.9. The fourth-order valence-corrected chi connectivity index (χ4v) is 0.686. The zero-order valence-electron chi connectivity index (χ0n) is 5.74. The molecule has 0 bridgehead atoms. The van der Waals surface area contributed by atoms with Crippen molar-refractivity contribution in [3.8, 4) is 6.07 Å². The predicted octanol–water partition coefficient (Wildman–Crippen LogP) is 0.912. The van der Waals surface area contributed by atoms with Crippen LogP contribution in [0.4, 0.5) is 0 Å². The summed E-state index contributed by atoms with van der Waals surface area (Å²) < 4.78 is 0. The fourth-order valence-electron chi connectivity index (χ4n) is 0.686. The highest BCUT2D eigenvalue weighted by molar-refractivity contribution is 5.49. The van der Waals surface area contributed by atoms with Crippen LogP contribution in [0.1, 0.15) is 5.56 Å². The molecule has 54 valence electrons. The third-order valence-corrected chi connectivity index (χ3v) is 1.19. The van der Waals surface area contributed by atoms with Crippen molar-refractivity contribution in [2.45, 2.75) is 0 Å². The van der Waals surface area contributed by atoms with Crippen molar-refractivity contribution in [2.75, 3.05) is 0 Å². The van der Waals surface area contributed by atoms with Crippen LogP contribution < -0.4 is 5.43 Å². The molecule has 3 nitrogen and oxygen atoms in total. The molecule has 1 N–H and O–H groups in total. The molecule has 0 aliphatic heterocycles. The molecular weight excluding hydrogens is 140 g/mol. The first-order valence-electron chi connectivity index (χ1n) is 3.08. The van der Waals surface area contributed by atoms with Gasteiger partial charge in [-0.25, -0.2) is 0 Å². The Morgan fingerprint density at radius 2 is 2.45 bits per heavy atom. The van der Waals surface area contributed by atoms with Gasteiger partial charge in [-0.15, -0.1) is 0 Å². The zero-order valence-corrected chi connectivity index (χ0v) is 5.74. The summed E-state index contributed by atoms with van der Waals surface area (Å²) in [6.07, 6.45) is 5.84. The van der Waals surface area contributed by atoms with Crippen molar-refractivity contribution < 1.29 is 0 Å². The third-order valence-electron chi connectivity index (χ3n) is 1.19. The number of nitrogens with one attached hydrogen (secondary N) is 1. The Morgan fingerprint density at radius 1 is 1.64 bits per heavy atom. The molecule has 3 heteroatoms. The van der Waals surface area contributed by atoms with Crippen LogP contribution in [0.3, 0.4) is 0 Å². The number of rotatable bonds is 1. The molecule has 1 aromatic heterocycles. The minimum absolute atomic E-state index is 0.0877. The molecule has 0 aliphatic carbocycles. The lowest BCUT2D eigenvalue weighted by Gasteiger charge is -1.86. The summed E-state index contributed by atoms with van der Waals surface area (Å²) in [5.74, 6) is 0. The monoisotopic (exact) mass is 146 g/mol. The van der Waals surface area contributed by atoms with Gasteiger partial charge in [-0.3, -0.25) is 4.79 Å². The molecule has 1 rings (SSSR count). The van der Waals surface area contributed by atoms with E-state index in [4.69, 9.17) is 5.26 Å². The molecule has 0 aromatic carbocycles. The highest BCUT2D eigenvalue weighted by Crippen LogP contribution is 1.89. The Bertz CT molecular complexity index is 357. The summed E-state index contributed by atoms with van der Waals surface area (Å²) in [4.78, 5) is 13.7. The number of aromatic amines is 1. The second-order valence-corrected chi connectivity index (χ2v) is 1.93. The van der Waals surface area contributed by atoms with Crippen LogP contribution in [0.15, 0.2) is 29.3 Å². The second-order valence-electron chi connectivity index (χ2n) is 1.93. The highest BCUT2D eigenvalue weighted by Gasteiger charge is 1.89. The zero-order chi connectivity index (χ0) is 8.10. The molecule has 0 radical (unpaired) electrons. The van der Waals surface area contributed by atoms with E-state index in [1.165, 1.54) is 18.2 Å². The summed E-state index contributed by atoms with van der Waals surface area (Å²) >= 11 is 0. The van der Waals surface area contributed by atoms with Crippen molar-refractivity contribution >= 4 is 6.08 Å². The van der Waals surface area contributed by atoms with Gasteiger partial charge in [0, 0.05) is 30.1 Å². The van der Waals surface area contributed by atoms with Crippen LogP contribution in [-0.4, -0.2) is 4.98 Å². The number of nitriles is 1. The first-order chi connectivity index (χ1) is 5.34. The molecule has 1 heterocycles. The lowest BCUT2D eigenvalue weighted by Crippen LogP contribution is -2.01. The fraction of sp³-hybridized carbons (Fsp3) is 0. The summed E-state index contributed by atoms with van der Waals surface area (Å²) in [6, 6.07) is 3.22. The number of hydrogen-bond acceptors (Lipinski definition) is 2. The lowest BCUT2D eigenvalue weighted by molar-refractivity contribution is 1.29. The van der Waals surface area contributed by atoms with Gasteiger partial charge in [0.25, 0.3) is 0 Å². The first kappa shape index (κ1) is 7.29. The number of hydrogen-bond donors (Lipinski definition) is 1. The molecule has 0 amide bonds. The van der Waals surface area contributed by atoms with Gasteiger partial charge in [0.1, 0.15) is 0 Å². The van der Waals surface area contributed by atoms with Gasteiger partial charge in [0.15, 0.2) is 5.43 Å². The molecule has 0 atom stereocenters. The van der Waals surface area contributed by atoms with Crippen LogP contribution in [0.25, 0.3) is 6.08 Å². The SMILES string of the molecule is N#CC=Cc1c[nH]ccc1=O. The average molecular weight is 146 g/mol. The normalized spacial score (nSPS) is 9.73. The van der Waals surface area contributed by atoms with E-state index in [0.29, 0.717) is 5.56 Å². The Kier molecular flexibility index (Phi) is 2.24. The maximum absolute atomic E-state index is 10.9. The summed E-state index contributed by atoms with van der Waals surface area (Å²) in [6.45, 7) is 0. The Hall–Kier alpha value is -1.82. The molecule has 0 aliphatic rings. The molecule has 0 saturated heterocycles. The Morgan fingerprint density at radius 3 is 3.09 bits per heavy atom. The van der Waals surface area contributed by atoms with Gasteiger partial charge in [0.2, 0.25) is 0 Å². The summed E-state index contributed by atoms with van der Waals surface area (Å²) in [5.41, 5.74) is 0.407. The highest BCUT2D eigenvalue weighted by atomic mass is 16.1.